The number of carboxylic acid groups (broad SMARTS) is 1. The van der Waals surface area contributed by atoms with Gasteiger partial charge in [0, 0.05) is 13.1 Å². The van der Waals surface area contributed by atoms with Gasteiger partial charge in [0.25, 0.3) is 0 Å². The van der Waals surface area contributed by atoms with Crippen LogP contribution >= 0.6 is 0 Å². The summed E-state index contributed by atoms with van der Waals surface area (Å²) < 4.78 is 5.37. The fourth-order valence-electron chi connectivity index (χ4n) is 2.32. The van der Waals surface area contributed by atoms with Gasteiger partial charge in [0.15, 0.2) is 0 Å². The van der Waals surface area contributed by atoms with Crippen LogP contribution in [-0.2, 0) is 16.1 Å². The van der Waals surface area contributed by atoms with Crippen molar-refractivity contribution in [2.45, 2.75) is 25.5 Å². The van der Waals surface area contributed by atoms with Gasteiger partial charge in [-0.15, -0.1) is 0 Å². The van der Waals surface area contributed by atoms with Crippen LogP contribution in [0.1, 0.15) is 18.4 Å². The van der Waals surface area contributed by atoms with E-state index in [1.54, 1.807) is 0 Å². The molecular weight excluding hydrogens is 230 g/mol. The van der Waals surface area contributed by atoms with Crippen LogP contribution in [0.15, 0.2) is 30.3 Å². The molecule has 1 N–H and O–H groups in total. The lowest BCUT2D eigenvalue weighted by Gasteiger charge is -2.32. The third kappa shape index (κ3) is 4.13. The van der Waals surface area contributed by atoms with Crippen LogP contribution in [0.4, 0.5) is 0 Å². The molecule has 0 amide bonds. The highest BCUT2D eigenvalue weighted by atomic mass is 16.5. The van der Waals surface area contributed by atoms with Crippen LogP contribution in [0.3, 0.4) is 0 Å². The van der Waals surface area contributed by atoms with Gasteiger partial charge in [-0.05, 0) is 24.9 Å². The molecule has 1 fully saturated rings. The summed E-state index contributed by atoms with van der Waals surface area (Å²) in [7, 11) is 0. The maximum Gasteiger partial charge on any atom is 0.329 e. The van der Waals surface area contributed by atoms with Crippen molar-refractivity contribution in [2.75, 3.05) is 19.7 Å². The number of likely N-dealkylation sites (tertiary alicyclic amines) is 1. The predicted molar refractivity (Wildman–Crippen MR) is 68.3 cm³/mol. The van der Waals surface area contributed by atoms with E-state index in [-0.39, 0.29) is 12.7 Å². The number of benzene rings is 1. The zero-order chi connectivity index (χ0) is 12.8. The smallest absolute Gasteiger partial charge is 0.329 e. The first-order valence-electron chi connectivity index (χ1n) is 6.34. The number of piperidine rings is 1. The lowest BCUT2D eigenvalue weighted by atomic mass is 10.1. The fourth-order valence-corrected chi connectivity index (χ4v) is 2.32. The number of rotatable bonds is 5. The SMILES string of the molecule is O=C(O)COC1CCCN(Cc2ccccc2)C1. The highest BCUT2D eigenvalue weighted by molar-refractivity contribution is 5.68. The van der Waals surface area contributed by atoms with E-state index < -0.39 is 5.97 Å². The van der Waals surface area contributed by atoms with E-state index in [9.17, 15) is 4.79 Å². The first-order valence-corrected chi connectivity index (χ1v) is 6.34. The minimum Gasteiger partial charge on any atom is -0.480 e. The summed E-state index contributed by atoms with van der Waals surface area (Å²) in [6, 6.07) is 10.3. The molecule has 1 saturated heterocycles. The Kier molecular flexibility index (Phi) is 4.73. The summed E-state index contributed by atoms with van der Waals surface area (Å²) in [5.41, 5.74) is 1.29. The summed E-state index contributed by atoms with van der Waals surface area (Å²) in [4.78, 5) is 12.8. The summed E-state index contributed by atoms with van der Waals surface area (Å²) in [6.45, 7) is 2.60. The molecule has 1 aromatic rings. The van der Waals surface area contributed by atoms with Crippen molar-refractivity contribution in [3.05, 3.63) is 35.9 Å². The molecular formula is C14H19NO3. The fraction of sp³-hybridized carbons (Fsp3) is 0.500. The topological polar surface area (TPSA) is 49.8 Å². The molecule has 18 heavy (non-hydrogen) atoms. The third-order valence-electron chi connectivity index (χ3n) is 3.15. The quantitative estimate of drug-likeness (QED) is 0.863. The molecule has 1 aliphatic rings. The maximum atomic E-state index is 10.5. The lowest BCUT2D eigenvalue weighted by molar-refractivity contribution is -0.145. The van der Waals surface area contributed by atoms with Crippen LogP contribution in [-0.4, -0.2) is 41.8 Å². The van der Waals surface area contributed by atoms with Gasteiger partial charge in [-0.3, -0.25) is 4.90 Å². The van der Waals surface area contributed by atoms with Crippen molar-refractivity contribution in [2.24, 2.45) is 0 Å². The van der Waals surface area contributed by atoms with Crippen LogP contribution in [0.25, 0.3) is 0 Å². The largest absolute Gasteiger partial charge is 0.480 e. The van der Waals surface area contributed by atoms with Crippen LogP contribution in [0.5, 0.6) is 0 Å². The number of nitrogens with zero attached hydrogens (tertiary/aromatic N) is 1. The van der Waals surface area contributed by atoms with Crippen molar-refractivity contribution in [1.82, 2.24) is 4.90 Å². The van der Waals surface area contributed by atoms with Crippen molar-refractivity contribution in [3.63, 3.8) is 0 Å². The van der Waals surface area contributed by atoms with Gasteiger partial charge in [0.2, 0.25) is 0 Å². The molecule has 1 aromatic carbocycles. The Bertz CT molecular complexity index is 380. The van der Waals surface area contributed by atoms with E-state index in [1.807, 2.05) is 18.2 Å². The Balaban J connectivity index is 1.81. The summed E-state index contributed by atoms with van der Waals surface area (Å²) in [6.07, 6.45) is 2.08. The van der Waals surface area contributed by atoms with Crippen molar-refractivity contribution >= 4 is 5.97 Å². The second kappa shape index (κ2) is 6.52. The average Bonchev–Trinajstić information content (AvgIpc) is 2.38. The number of hydrogen-bond donors (Lipinski definition) is 1. The molecule has 1 unspecified atom stereocenters. The lowest BCUT2D eigenvalue weighted by Crippen LogP contribution is -2.39. The second-order valence-corrected chi connectivity index (χ2v) is 4.69. The van der Waals surface area contributed by atoms with Gasteiger partial charge in [-0.2, -0.15) is 0 Å². The van der Waals surface area contributed by atoms with Crippen LogP contribution in [0, 0.1) is 0 Å². The monoisotopic (exact) mass is 249 g/mol. The Morgan fingerprint density at radius 1 is 1.39 bits per heavy atom. The summed E-state index contributed by atoms with van der Waals surface area (Å²) >= 11 is 0. The first-order chi connectivity index (χ1) is 8.74. The molecule has 4 heteroatoms. The van der Waals surface area contributed by atoms with Gasteiger partial charge in [-0.1, -0.05) is 30.3 Å². The molecule has 0 saturated carbocycles. The van der Waals surface area contributed by atoms with E-state index in [2.05, 4.69) is 17.0 Å². The molecule has 1 heterocycles. The van der Waals surface area contributed by atoms with Gasteiger partial charge in [-0.25, -0.2) is 4.79 Å². The highest BCUT2D eigenvalue weighted by Gasteiger charge is 2.20. The number of aliphatic carboxylic acids is 1. The molecule has 0 bridgehead atoms. The maximum absolute atomic E-state index is 10.5. The molecule has 0 radical (unpaired) electrons. The van der Waals surface area contributed by atoms with Gasteiger partial charge >= 0.3 is 5.97 Å². The average molecular weight is 249 g/mol. The van der Waals surface area contributed by atoms with Gasteiger partial charge < -0.3 is 9.84 Å². The molecule has 2 rings (SSSR count). The molecule has 98 valence electrons. The second-order valence-electron chi connectivity index (χ2n) is 4.69. The normalized spacial score (nSPS) is 20.8. The molecule has 0 spiro atoms. The van der Waals surface area contributed by atoms with Gasteiger partial charge in [0.1, 0.15) is 6.61 Å². The van der Waals surface area contributed by atoms with E-state index >= 15 is 0 Å². The van der Waals surface area contributed by atoms with Crippen LogP contribution in [0.2, 0.25) is 0 Å². The Morgan fingerprint density at radius 2 is 2.17 bits per heavy atom. The molecule has 0 aromatic heterocycles. The van der Waals surface area contributed by atoms with Crippen LogP contribution < -0.4 is 0 Å². The highest BCUT2D eigenvalue weighted by Crippen LogP contribution is 2.15. The van der Waals surface area contributed by atoms with Crippen molar-refractivity contribution in [3.8, 4) is 0 Å². The van der Waals surface area contributed by atoms with E-state index in [0.29, 0.717) is 0 Å². The standard InChI is InChI=1S/C14H19NO3/c16-14(17)11-18-13-7-4-8-15(10-13)9-12-5-2-1-3-6-12/h1-3,5-6,13H,4,7-11H2,(H,16,17). The van der Waals surface area contributed by atoms with Gasteiger partial charge in [0.05, 0.1) is 6.10 Å². The molecule has 0 aliphatic carbocycles. The van der Waals surface area contributed by atoms with E-state index in [1.165, 1.54) is 5.56 Å². The number of carboxylic acids is 1. The van der Waals surface area contributed by atoms with Crippen molar-refractivity contribution in [1.29, 1.82) is 0 Å². The predicted octanol–water partition coefficient (Wildman–Crippen LogP) is 1.75. The summed E-state index contributed by atoms with van der Waals surface area (Å²) in [5.74, 6) is -0.893. The Labute approximate surface area is 107 Å². The molecule has 4 nitrogen and oxygen atoms in total. The summed E-state index contributed by atoms with van der Waals surface area (Å²) in [5, 5.41) is 8.61. The Hall–Kier alpha value is -1.39. The van der Waals surface area contributed by atoms with Crippen molar-refractivity contribution < 1.29 is 14.6 Å². The van der Waals surface area contributed by atoms with E-state index in [4.69, 9.17) is 9.84 Å². The number of ether oxygens (including phenoxy) is 1. The third-order valence-corrected chi connectivity index (χ3v) is 3.15. The van der Waals surface area contributed by atoms with E-state index in [0.717, 1.165) is 32.5 Å². The number of hydrogen-bond acceptors (Lipinski definition) is 3. The molecule has 1 atom stereocenters. The Morgan fingerprint density at radius 3 is 2.89 bits per heavy atom. The minimum atomic E-state index is -0.893. The minimum absolute atomic E-state index is 0.0542. The first kappa shape index (κ1) is 13.1. The number of carbonyl (C=O) groups is 1. The molecule has 1 aliphatic heterocycles. The zero-order valence-corrected chi connectivity index (χ0v) is 10.4. The zero-order valence-electron chi connectivity index (χ0n) is 10.4.